The Bertz CT molecular complexity index is 1230. The van der Waals surface area contributed by atoms with Gasteiger partial charge in [0.25, 0.3) is 0 Å². The number of phenolic OH excluding ortho intramolecular Hbond substituents is 1. The molecular formula is C28H36ClN3O8. The number of aromatic hydroxyl groups is 1. The van der Waals surface area contributed by atoms with Crippen molar-refractivity contribution >= 4 is 35.4 Å². The predicted molar refractivity (Wildman–Crippen MR) is 149 cm³/mol. The monoisotopic (exact) mass is 577 g/mol. The summed E-state index contributed by atoms with van der Waals surface area (Å²) in [6.45, 7) is 5.34. The molecule has 3 amide bonds. The first kappa shape index (κ1) is 31.0. The molecule has 4 bridgehead atoms. The maximum atomic E-state index is 13.1. The fraction of sp³-hybridized carbons (Fsp3) is 0.464. The third-order valence-electron chi connectivity index (χ3n) is 6.80. The second kappa shape index (κ2) is 13.2. The number of benzene rings is 1. The summed E-state index contributed by atoms with van der Waals surface area (Å²) in [5.74, 6) is -1.15. The molecule has 1 unspecified atom stereocenters. The zero-order valence-corrected chi connectivity index (χ0v) is 23.9. The van der Waals surface area contributed by atoms with Gasteiger partial charge in [-0.15, -0.1) is 0 Å². The van der Waals surface area contributed by atoms with Gasteiger partial charge in [-0.3, -0.25) is 10.1 Å². The Morgan fingerprint density at radius 1 is 1.27 bits per heavy atom. The van der Waals surface area contributed by atoms with Gasteiger partial charge in [0.2, 0.25) is 5.91 Å². The molecule has 0 saturated carbocycles. The van der Waals surface area contributed by atoms with E-state index in [1.807, 2.05) is 13.0 Å². The number of allylic oxidation sites excluding steroid dienone is 3. The molecule has 0 aromatic heterocycles. The minimum atomic E-state index is -1.76. The fourth-order valence-electron chi connectivity index (χ4n) is 4.70. The molecule has 2 heterocycles. The lowest BCUT2D eigenvalue weighted by Gasteiger charge is -2.41. The summed E-state index contributed by atoms with van der Waals surface area (Å²) < 4.78 is 16.5. The Hall–Kier alpha value is -3.54. The highest BCUT2D eigenvalue weighted by Gasteiger charge is 2.46. The molecule has 218 valence electrons. The summed E-state index contributed by atoms with van der Waals surface area (Å²) in [6, 6.07) is 3.16. The molecule has 3 rings (SSSR count). The average Bonchev–Trinajstić information content (AvgIpc) is 2.87. The molecule has 1 fully saturated rings. The van der Waals surface area contributed by atoms with E-state index in [2.05, 4.69) is 16.0 Å². The van der Waals surface area contributed by atoms with Crippen LogP contribution in [0.4, 0.5) is 15.3 Å². The molecule has 12 heteroatoms. The molecule has 0 spiro atoms. The normalized spacial score (nSPS) is 27.9. The second-order valence-corrected chi connectivity index (χ2v) is 10.4. The van der Waals surface area contributed by atoms with Crippen LogP contribution in [0.2, 0.25) is 5.02 Å². The molecular weight excluding hydrogens is 542 g/mol. The van der Waals surface area contributed by atoms with E-state index in [0.29, 0.717) is 17.6 Å². The number of nitrogens with one attached hydrogen (secondary N) is 3. The standard InChI is InChI=1S/C28H36ClN3O8/c1-15-7-6-8-23(38-5)28(37)14-22(40-27(36)32-28)17(3)10-16(2)21(39-26(35)30-4)13-24(34)31-19-11-18(9-15)12-20(33)25(19)29/h6-8,10-12,17,21-23,33,37H,9,13-14H2,1-5H3,(H,30,35)(H,31,34)(H,32,36)/t17?,21-,22-,23+,28-/m0/s1. The number of rotatable bonds is 2. The van der Waals surface area contributed by atoms with Crippen LogP contribution < -0.4 is 16.0 Å². The molecule has 40 heavy (non-hydrogen) atoms. The van der Waals surface area contributed by atoms with E-state index in [1.54, 1.807) is 38.1 Å². The lowest BCUT2D eigenvalue weighted by Crippen LogP contribution is -2.63. The molecule has 2 aliphatic rings. The topological polar surface area (TPSA) is 155 Å². The van der Waals surface area contributed by atoms with Crippen LogP contribution in [0.3, 0.4) is 0 Å². The number of anilines is 1. The van der Waals surface area contributed by atoms with Crippen LogP contribution in [-0.2, 0) is 25.4 Å². The van der Waals surface area contributed by atoms with Crippen LogP contribution in [0, 0.1) is 5.92 Å². The van der Waals surface area contributed by atoms with Crippen LogP contribution in [0.15, 0.2) is 47.6 Å². The quantitative estimate of drug-likeness (QED) is 0.331. The first-order valence-corrected chi connectivity index (χ1v) is 13.2. The van der Waals surface area contributed by atoms with Crippen molar-refractivity contribution in [3.63, 3.8) is 0 Å². The van der Waals surface area contributed by atoms with Crippen molar-refractivity contribution in [2.75, 3.05) is 19.5 Å². The Morgan fingerprint density at radius 3 is 2.67 bits per heavy atom. The number of fused-ring (bicyclic) bond motifs is 4. The molecule has 0 aliphatic carbocycles. The van der Waals surface area contributed by atoms with Gasteiger partial charge in [0.05, 0.1) is 12.1 Å². The SMILES string of the molecule is CNC(=O)O[C@H]1CC(=O)Nc2cc(cc(O)c2Cl)CC(C)=CC=C[C@@H](OC)[C@@]2(O)C[C@H](OC(=O)N2)C(C)C=C1C. The van der Waals surface area contributed by atoms with Crippen molar-refractivity contribution in [1.29, 1.82) is 0 Å². The largest absolute Gasteiger partial charge is 0.506 e. The lowest BCUT2D eigenvalue weighted by molar-refractivity contribution is -0.138. The van der Waals surface area contributed by atoms with E-state index in [0.717, 1.165) is 5.57 Å². The summed E-state index contributed by atoms with van der Waals surface area (Å²) in [7, 11) is 2.82. The Kier molecular flexibility index (Phi) is 10.2. The van der Waals surface area contributed by atoms with Crippen LogP contribution in [0.1, 0.15) is 39.2 Å². The van der Waals surface area contributed by atoms with Crippen molar-refractivity contribution in [3.05, 3.63) is 58.2 Å². The van der Waals surface area contributed by atoms with E-state index in [9.17, 15) is 24.6 Å². The molecule has 0 radical (unpaired) electrons. The van der Waals surface area contributed by atoms with Crippen molar-refractivity contribution < 1.29 is 38.8 Å². The Labute approximate surface area is 238 Å². The smallest absolute Gasteiger partial charge is 0.409 e. The number of aliphatic hydroxyl groups is 1. The van der Waals surface area contributed by atoms with Crippen LogP contribution in [0.5, 0.6) is 5.75 Å². The maximum Gasteiger partial charge on any atom is 0.409 e. The third-order valence-corrected chi connectivity index (χ3v) is 7.19. The van der Waals surface area contributed by atoms with E-state index in [1.165, 1.54) is 20.2 Å². The van der Waals surface area contributed by atoms with Crippen LogP contribution in [-0.4, -0.2) is 66.5 Å². The van der Waals surface area contributed by atoms with Gasteiger partial charge in [-0.05, 0) is 43.5 Å². The summed E-state index contributed by atoms with van der Waals surface area (Å²) in [5, 5.41) is 29.3. The summed E-state index contributed by atoms with van der Waals surface area (Å²) in [6.07, 6.45) is 2.85. The maximum absolute atomic E-state index is 13.1. The molecule has 1 saturated heterocycles. The van der Waals surface area contributed by atoms with Crippen molar-refractivity contribution in [3.8, 4) is 5.75 Å². The number of carbonyl (C=O) groups excluding carboxylic acids is 3. The van der Waals surface area contributed by atoms with Gasteiger partial charge < -0.3 is 35.1 Å². The van der Waals surface area contributed by atoms with E-state index < -0.39 is 48.0 Å². The number of ether oxygens (including phenoxy) is 3. The lowest BCUT2D eigenvalue weighted by atomic mass is 9.89. The first-order valence-electron chi connectivity index (χ1n) is 12.8. The molecule has 1 aromatic rings. The molecule has 1 aromatic carbocycles. The zero-order valence-electron chi connectivity index (χ0n) is 23.1. The highest BCUT2D eigenvalue weighted by Crippen LogP contribution is 2.34. The highest BCUT2D eigenvalue weighted by atomic mass is 35.5. The molecule has 5 atom stereocenters. The second-order valence-electron chi connectivity index (χ2n) is 10.1. The van der Waals surface area contributed by atoms with Gasteiger partial charge in [0.15, 0.2) is 5.72 Å². The third kappa shape index (κ3) is 7.77. The predicted octanol–water partition coefficient (Wildman–Crippen LogP) is 3.94. The number of hydrogen-bond donors (Lipinski definition) is 5. The van der Waals surface area contributed by atoms with Crippen LogP contribution >= 0.6 is 11.6 Å². The number of hydrogen-bond acceptors (Lipinski definition) is 8. The number of amides is 3. The number of alkyl carbamates (subject to hydrolysis) is 2. The summed E-state index contributed by atoms with van der Waals surface area (Å²) in [4.78, 5) is 37.6. The van der Waals surface area contributed by atoms with Gasteiger partial charge >= 0.3 is 12.2 Å². The van der Waals surface area contributed by atoms with E-state index in [-0.39, 0.29) is 29.3 Å². The summed E-state index contributed by atoms with van der Waals surface area (Å²) in [5.41, 5.74) is 0.539. The molecule has 2 aliphatic heterocycles. The van der Waals surface area contributed by atoms with Gasteiger partial charge in [-0.2, -0.15) is 0 Å². The van der Waals surface area contributed by atoms with E-state index >= 15 is 0 Å². The zero-order chi connectivity index (χ0) is 29.6. The molecule has 5 N–H and O–H groups in total. The number of methoxy groups -OCH3 is 1. The fourth-order valence-corrected chi connectivity index (χ4v) is 4.86. The molecule has 11 nitrogen and oxygen atoms in total. The van der Waals surface area contributed by atoms with Crippen molar-refractivity contribution in [1.82, 2.24) is 10.6 Å². The number of carbonyl (C=O) groups is 3. The number of halogens is 1. The van der Waals surface area contributed by atoms with Crippen LogP contribution in [0.25, 0.3) is 0 Å². The van der Waals surface area contributed by atoms with Gasteiger partial charge in [0.1, 0.15) is 29.1 Å². The minimum absolute atomic E-state index is 0.000295. The van der Waals surface area contributed by atoms with Crippen molar-refractivity contribution in [2.24, 2.45) is 5.92 Å². The van der Waals surface area contributed by atoms with Gasteiger partial charge in [-0.25, -0.2) is 9.59 Å². The Balaban J connectivity index is 2.08. The first-order chi connectivity index (χ1) is 18.8. The average molecular weight is 578 g/mol. The van der Waals surface area contributed by atoms with Gasteiger partial charge in [-0.1, -0.05) is 48.4 Å². The van der Waals surface area contributed by atoms with Crippen molar-refractivity contribution in [2.45, 2.75) is 64.1 Å². The van der Waals surface area contributed by atoms with Gasteiger partial charge in [0, 0.05) is 26.5 Å². The minimum Gasteiger partial charge on any atom is -0.506 e. The Morgan fingerprint density at radius 2 is 2.00 bits per heavy atom. The summed E-state index contributed by atoms with van der Waals surface area (Å²) >= 11 is 6.27. The highest BCUT2D eigenvalue weighted by molar-refractivity contribution is 6.35. The van der Waals surface area contributed by atoms with E-state index in [4.69, 9.17) is 25.8 Å². The number of phenols is 1.